The molecule has 0 unspecified atom stereocenters. The van der Waals surface area contributed by atoms with Crippen molar-refractivity contribution in [1.29, 1.82) is 0 Å². The number of benzene rings is 1. The molecular weight excluding hydrogens is 309 g/mol. The van der Waals surface area contributed by atoms with Gasteiger partial charge >= 0.3 is 0 Å². The van der Waals surface area contributed by atoms with Gasteiger partial charge in [-0.2, -0.15) is 0 Å². The molecule has 0 saturated carbocycles. The number of imidazole rings is 1. The van der Waals surface area contributed by atoms with Crippen LogP contribution in [0.15, 0.2) is 12.1 Å². The number of nitrogens with one attached hydrogen (secondary N) is 2. The lowest BCUT2D eigenvalue weighted by molar-refractivity contribution is 0.563. The molecule has 0 radical (unpaired) electrons. The van der Waals surface area contributed by atoms with Gasteiger partial charge in [-0.05, 0) is 26.0 Å². The van der Waals surface area contributed by atoms with Gasteiger partial charge in [-0.3, -0.25) is 0 Å². The first kappa shape index (κ1) is 14.6. The number of aromatic nitrogens is 2. The van der Waals surface area contributed by atoms with Crippen LogP contribution in [0.2, 0.25) is 10.0 Å². The summed E-state index contributed by atoms with van der Waals surface area (Å²) in [6.07, 6.45) is 0. The molecule has 0 aliphatic heterocycles. The smallest absolute Gasteiger partial charge is 0.211 e. The van der Waals surface area contributed by atoms with Crippen molar-refractivity contribution < 1.29 is 8.42 Å². The van der Waals surface area contributed by atoms with Crippen molar-refractivity contribution in [2.24, 2.45) is 0 Å². The molecule has 0 amide bonds. The Morgan fingerprint density at radius 3 is 2.63 bits per heavy atom. The van der Waals surface area contributed by atoms with Crippen LogP contribution in [-0.4, -0.2) is 24.1 Å². The first-order valence-electron chi connectivity index (χ1n) is 5.67. The number of nitrogens with zero attached hydrogens (tertiary/aromatic N) is 1. The van der Waals surface area contributed by atoms with E-state index in [0.29, 0.717) is 26.9 Å². The lowest BCUT2D eigenvalue weighted by Gasteiger charge is -2.10. The third-order valence-corrected chi connectivity index (χ3v) is 4.88. The molecule has 2 aromatic rings. The minimum atomic E-state index is -3.28. The monoisotopic (exact) mass is 321 g/mol. The van der Waals surface area contributed by atoms with Gasteiger partial charge in [0, 0.05) is 0 Å². The molecule has 1 aromatic heterocycles. The van der Waals surface area contributed by atoms with Crippen LogP contribution in [0.5, 0.6) is 0 Å². The molecule has 2 rings (SSSR count). The predicted molar refractivity (Wildman–Crippen MR) is 77.1 cm³/mol. The van der Waals surface area contributed by atoms with Crippen LogP contribution in [0.3, 0.4) is 0 Å². The summed E-state index contributed by atoms with van der Waals surface area (Å²) in [4.78, 5) is 7.34. The molecule has 0 bridgehead atoms. The minimum absolute atomic E-state index is 0.0230. The maximum atomic E-state index is 11.5. The van der Waals surface area contributed by atoms with Crippen molar-refractivity contribution in [2.45, 2.75) is 19.9 Å². The van der Waals surface area contributed by atoms with E-state index in [0.717, 1.165) is 0 Å². The van der Waals surface area contributed by atoms with Gasteiger partial charge in [0.15, 0.2) is 0 Å². The Balaban J connectivity index is 2.36. The summed E-state index contributed by atoms with van der Waals surface area (Å²) >= 11 is 11.8. The number of rotatable bonds is 4. The molecule has 2 N–H and O–H groups in total. The topological polar surface area (TPSA) is 74.8 Å². The minimum Gasteiger partial charge on any atom is -0.341 e. The number of fused-ring (bicyclic) bond motifs is 1. The molecule has 0 aliphatic rings. The SMILES string of the molecule is CCS(=O)(=O)N[C@@H](C)c1nc2cc(Cl)c(Cl)cc2[nH]1. The molecule has 0 aliphatic carbocycles. The van der Waals surface area contributed by atoms with Crippen molar-refractivity contribution in [1.82, 2.24) is 14.7 Å². The highest BCUT2D eigenvalue weighted by atomic mass is 35.5. The zero-order chi connectivity index (χ0) is 14.2. The van der Waals surface area contributed by atoms with E-state index >= 15 is 0 Å². The molecule has 0 spiro atoms. The van der Waals surface area contributed by atoms with Crippen LogP contribution < -0.4 is 4.72 Å². The van der Waals surface area contributed by atoms with Gasteiger partial charge in [-0.1, -0.05) is 23.2 Å². The normalized spacial score (nSPS) is 13.9. The molecule has 19 heavy (non-hydrogen) atoms. The molecule has 1 aromatic carbocycles. The van der Waals surface area contributed by atoms with E-state index in [1.165, 1.54) is 0 Å². The summed E-state index contributed by atoms with van der Waals surface area (Å²) in [6.45, 7) is 3.29. The fourth-order valence-electron chi connectivity index (χ4n) is 1.64. The van der Waals surface area contributed by atoms with E-state index in [1.807, 2.05) is 0 Å². The highest BCUT2D eigenvalue weighted by molar-refractivity contribution is 7.89. The summed E-state index contributed by atoms with van der Waals surface area (Å²) in [5.74, 6) is 0.542. The number of halogens is 2. The van der Waals surface area contributed by atoms with E-state index in [9.17, 15) is 8.42 Å². The number of hydrogen-bond donors (Lipinski definition) is 2. The van der Waals surface area contributed by atoms with E-state index in [-0.39, 0.29) is 5.75 Å². The van der Waals surface area contributed by atoms with Crippen molar-refractivity contribution in [3.63, 3.8) is 0 Å². The molecule has 1 heterocycles. The summed E-state index contributed by atoms with van der Waals surface area (Å²) in [5.41, 5.74) is 1.36. The van der Waals surface area contributed by atoms with Crippen LogP contribution in [0.4, 0.5) is 0 Å². The number of hydrogen-bond acceptors (Lipinski definition) is 3. The molecule has 8 heteroatoms. The Hall–Kier alpha value is -0.820. The second kappa shape index (κ2) is 5.28. The second-order valence-electron chi connectivity index (χ2n) is 4.15. The average molecular weight is 322 g/mol. The van der Waals surface area contributed by atoms with E-state index in [1.54, 1.807) is 26.0 Å². The van der Waals surface area contributed by atoms with Crippen molar-refractivity contribution in [2.75, 3.05) is 5.75 Å². The van der Waals surface area contributed by atoms with Gasteiger partial charge in [-0.25, -0.2) is 18.1 Å². The quantitative estimate of drug-likeness (QED) is 0.909. The third-order valence-electron chi connectivity index (χ3n) is 2.69. The van der Waals surface area contributed by atoms with Gasteiger partial charge < -0.3 is 4.98 Å². The zero-order valence-corrected chi connectivity index (χ0v) is 12.7. The Morgan fingerprint density at radius 1 is 1.37 bits per heavy atom. The van der Waals surface area contributed by atoms with E-state index in [4.69, 9.17) is 23.2 Å². The van der Waals surface area contributed by atoms with Gasteiger partial charge in [0.1, 0.15) is 5.82 Å². The second-order valence-corrected chi connectivity index (χ2v) is 7.01. The summed E-state index contributed by atoms with van der Waals surface area (Å²) in [7, 11) is -3.28. The standard InChI is InChI=1S/C11H13Cl2N3O2S/c1-3-19(17,18)16-6(2)11-14-9-4-7(12)8(13)5-10(9)15-11/h4-6,16H,3H2,1-2H3,(H,14,15)/t6-/m0/s1. The highest BCUT2D eigenvalue weighted by Gasteiger charge is 2.17. The molecule has 5 nitrogen and oxygen atoms in total. The Bertz CT molecular complexity index is 673. The van der Waals surface area contributed by atoms with Crippen LogP contribution in [0, 0.1) is 0 Å². The fourth-order valence-corrected chi connectivity index (χ4v) is 2.78. The number of aromatic amines is 1. The van der Waals surface area contributed by atoms with Crippen molar-refractivity contribution in [3.05, 3.63) is 28.0 Å². The first-order valence-corrected chi connectivity index (χ1v) is 8.08. The van der Waals surface area contributed by atoms with Crippen molar-refractivity contribution in [3.8, 4) is 0 Å². The molecule has 0 saturated heterocycles. The number of sulfonamides is 1. The van der Waals surface area contributed by atoms with Crippen LogP contribution >= 0.6 is 23.2 Å². The molecule has 1 atom stereocenters. The molecule has 104 valence electrons. The Morgan fingerprint density at radius 2 is 2.00 bits per heavy atom. The number of H-pyrrole nitrogens is 1. The lowest BCUT2D eigenvalue weighted by Crippen LogP contribution is -2.28. The fraction of sp³-hybridized carbons (Fsp3) is 0.364. The summed E-state index contributed by atoms with van der Waals surface area (Å²) in [5, 5.41) is 0.833. The van der Waals surface area contributed by atoms with E-state index < -0.39 is 16.1 Å². The molecular formula is C11H13Cl2N3O2S. The summed E-state index contributed by atoms with van der Waals surface area (Å²) in [6, 6.07) is 2.85. The zero-order valence-electron chi connectivity index (χ0n) is 10.4. The summed E-state index contributed by atoms with van der Waals surface area (Å²) < 4.78 is 25.5. The average Bonchev–Trinajstić information content (AvgIpc) is 2.72. The predicted octanol–water partition coefficient (Wildman–Crippen LogP) is 2.87. The Kier molecular flexibility index (Phi) is 4.06. The maximum Gasteiger partial charge on any atom is 0.211 e. The van der Waals surface area contributed by atoms with E-state index in [2.05, 4.69) is 14.7 Å². The Labute approximate surface area is 121 Å². The lowest BCUT2D eigenvalue weighted by atomic mass is 10.3. The largest absolute Gasteiger partial charge is 0.341 e. The van der Waals surface area contributed by atoms with Gasteiger partial charge in [0.25, 0.3) is 0 Å². The highest BCUT2D eigenvalue weighted by Crippen LogP contribution is 2.27. The maximum absolute atomic E-state index is 11.5. The third kappa shape index (κ3) is 3.20. The van der Waals surface area contributed by atoms with Crippen LogP contribution in [0.1, 0.15) is 25.7 Å². The van der Waals surface area contributed by atoms with Crippen LogP contribution in [-0.2, 0) is 10.0 Å². The first-order chi connectivity index (χ1) is 8.82. The van der Waals surface area contributed by atoms with Gasteiger partial charge in [0.05, 0.1) is 32.9 Å². The van der Waals surface area contributed by atoms with Gasteiger partial charge in [0.2, 0.25) is 10.0 Å². The van der Waals surface area contributed by atoms with Crippen LogP contribution in [0.25, 0.3) is 11.0 Å². The van der Waals surface area contributed by atoms with Gasteiger partial charge in [-0.15, -0.1) is 0 Å². The van der Waals surface area contributed by atoms with Crippen molar-refractivity contribution >= 4 is 44.3 Å². The molecule has 0 fully saturated rings.